The fraction of sp³-hybridized carbons (Fsp3) is 0.474. The SMILES string of the molecule is COC(=O)c1c(S(C)(=O)=O)ccc(C(=O)C(C(C)=O)C(=O)OC(C)(C)C)c1C. The van der Waals surface area contributed by atoms with Crippen molar-refractivity contribution in [2.75, 3.05) is 13.4 Å². The highest BCUT2D eigenvalue weighted by atomic mass is 32.2. The molecule has 0 spiro atoms. The lowest BCUT2D eigenvalue weighted by molar-refractivity contribution is -0.159. The largest absolute Gasteiger partial charge is 0.465 e. The van der Waals surface area contributed by atoms with Gasteiger partial charge in [0.05, 0.1) is 17.6 Å². The molecule has 8 nitrogen and oxygen atoms in total. The molecule has 1 aromatic carbocycles. The van der Waals surface area contributed by atoms with Gasteiger partial charge in [0, 0.05) is 11.8 Å². The van der Waals surface area contributed by atoms with Crippen LogP contribution in [-0.2, 0) is 28.9 Å². The molecular weight excluding hydrogens is 388 g/mol. The molecule has 0 saturated carbocycles. The lowest BCUT2D eigenvalue weighted by Crippen LogP contribution is -2.37. The van der Waals surface area contributed by atoms with Gasteiger partial charge in [-0.1, -0.05) is 0 Å². The van der Waals surface area contributed by atoms with Gasteiger partial charge in [0.1, 0.15) is 5.60 Å². The van der Waals surface area contributed by atoms with Crippen LogP contribution in [0.1, 0.15) is 54.0 Å². The van der Waals surface area contributed by atoms with Crippen molar-refractivity contribution in [1.29, 1.82) is 0 Å². The van der Waals surface area contributed by atoms with E-state index in [2.05, 4.69) is 4.74 Å². The smallest absolute Gasteiger partial charge is 0.339 e. The Morgan fingerprint density at radius 3 is 2.00 bits per heavy atom. The van der Waals surface area contributed by atoms with E-state index in [9.17, 15) is 27.6 Å². The van der Waals surface area contributed by atoms with Crippen LogP contribution in [-0.4, -0.2) is 50.9 Å². The van der Waals surface area contributed by atoms with E-state index in [0.717, 1.165) is 26.4 Å². The van der Waals surface area contributed by atoms with Crippen molar-refractivity contribution in [3.8, 4) is 0 Å². The van der Waals surface area contributed by atoms with Gasteiger partial charge in [-0.25, -0.2) is 13.2 Å². The van der Waals surface area contributed by atoms with Gasteiger partial charge in [-0.3, -0.25) is 14.4 Å². The van der Waals surface area contributed by atoms with Gasteiger partial charge in [-0.05, 0) is 52.3 Å². The summed E-state index contributed by atoms with van der Waals surface area (Å²) in [5, 5.41) is 0. The van der Waals surface area contributed by atoms with Crippen LogP contribution in [0.3, 0.4) is 0 Å². The number of ether oxygens (including phenoxy) is 2. The van der Waals surface area contributed by atoms with Gasteiger partial charge in [0.2, 0.25) is 0 Å². The van der Waals surface area contributed by atoms with Gasteiger partial charge in [0.25, 0.3) is 0 Å². The summed E-state index contributed by atoms with van der Waals surface area (Å²) >= 11 is 0. The molecule has 1 atom stereocenters. The van der Waals surface area contributed by atoms with Crippen LogP contribution in [0.25, 0.3) is 0 Å². The van der Waals surface area contributed by atoms with E-state index in [4.69, 9.17) is 4.74 Å². The topological polar surface area (TPSA) is 121 Å². The summed E-state index contributed by atoms with van der Waals surface area (Å²) in [4.78, 5) is 49.1. The van der Waals surface area contributed by atoms with Gasteiger partial charge >= 0.3 is 11.9 Å². The number of hydrogen-bond donors (Lipinski definition) is 0. The normalized spacial score (nSPS) is 12.8. The van der Waals surface area contributed by atoms with E-state index >= 15 is 0 Å². The summed E-state index contributed by atoms with van der Waals surface area (Å²) in [5.74, 6) is -5.32. The van der Waals surface area contributed by atoms with E-state index in [-0.39, 0.29) is 21.6 Å². The second-order valence-corrected chi connectivity index (χ2v) is 9.30. The highest BCUT2D eigenvalue weighted by Gasteiger charge is 2.37. The Hall–Kier alpha value is -2.55. The molecule has 0 heterocycles. The molecule has 0 saturated heterocycles. The molecule has 0 aromatic heterocycles. The molecule has 1 unspecified atom stereocenters. The molecule has 0 N–H and O–H groups in total. The molecule has 0 aliphatic heterocycles. The molecule has 0 amide bonds. The molecule has 0 aliphatic rings. The lowest BCUT2D eigenvalue weighted by Gasteiger charge is -2.23. The predicted octanol–water partition coefficient (Wildman–Crippen LogP) is 1.91. The number of carbonyl (C=O) groups is 4. The number of rotatable bonds is 6. The summed E-state index contributed by atoms with van der Waals surface area (Å²) in [5.41, 5.74) is -1.38. The van der Waals surface area contributed by atoms with Gasteiger partial charge in [0.15, 0.2) is 27.3 Å². The van der Waals surface area contributed by atoms with E-state index in [1.165, 1.54) is 13.0 Å². The summed E-state index contributed by atoms with van der Waals surface area (Å²) in [6.45, 7) is 7.20. The third kappa shape index (κ3) is 5.25. The summed E-state index contributed by atoms with van der Waals surface area (Å²) in [6.07, 6.45) is 0.911. The number of esters is 2. The predicted molar refractivity (Wildman–Crippen MR) is 100.0 cm³/mol. The number of benzene rings is 1. The molecule has 0 aliphatic carbocycles. The minimum atomic E-state index is -3.80. The highest BCUT2D eigenvalue weighted by molar-refractivity contribution is 7.90. The minimum absolute atomic E-state index is 0.00502. The van der Waals surface area contributed by atoms with E-state index in [0.29, 0.717) is 0 Å². The van der Waals surface area contributed by atoms with Crippen molar-refractivity contribution in [1.82, 2.24) is 0 Å². The standard InChI is InChI=1S/C19H24O8S/c1-10-12(8-9-13(28(7,24)25)14(10)17(22)26-6)16(21)15(11(2)20)18(23)27-19(3,4)5/h8-9,15H,1-7H3. The number of carbonyl (C=O) groups excluding carboxylic acids is 4. The molecule has 0 fully saturated rings. The Morgan fingerprint density at radius 1 is 1.07 bits per heavy atom. The minimum Gasteiger partial charge on any atom is -0.465 e. The summed E-state index contributed by atoms with van der Waals surface area (Å²) in [6, 6.07) is 2.24. The maximum atomic E-state index is 12.9. The van der Waals surface area contributed by atoms with E-state index < -0.39 is 44.9 Å². The zero-order valence-electron chi connectivity index (χ0n) is 16.9. The van der Waals surface area contributed by atoms with Crippen LogP contribution >= 0.6 is 0 Å². The van der Waals surface area contributed by atoms with Gasteiger partial charge in [-0.2, -0.15) is 0 Å². The van der Waals surface area contributed by atoms with E-state index in [1.54, 1.807) is 20.8 Å². The number of methoxy groups -OCH3 is 1. The zero-order valence-corrected chi connectivity index (χ0v) is 17.7. The Kier molecular flexibility index (Phi) is 6.89. The highest BCUT2D eigenvalue weighted by Crippen LogP contribution is 2.26. The van der Waals surface area contributed by atoms with Crippen molar-refractivity contribution in [3.05, 3.63) is 28.8 Å². The van der Waals surface area contributed by atoms with Crippen molar-refractivity contribution in [2.24, 2.45) is 5.92 Å². The monoisotopic (exact) mass is 412 g/mol. The van der Waals surface area contributed by atoms with Gasteiger partial charge < -0.3 is 9.47 Å². The number of sulfone groups is 1. The van der Waals surface area contributed by atoms with E-state index in [1.807, 2.05) is 0 Å². The van der Waals surface area contributed by atoms with Crippen molar-refractivity contribution >= 4 is 33.3 Å². The Labute approximate surface area is 164 Å². The number of Topliss-reactive ketones (excluding diaryl/α,β-unsaturated/α-hetero) is 2. The average Bonchev–Trinajstić information content (AvgIpc) is 2.50. The molecule has 1 aromatic rings. The maximum Gasteiger partial charge on any atom is 0.339 e. The first-order chi connectivity index (χ1) is 12.6. The van der Waals surface area contributed by atoms with Crippen LogP contribution in [0.4, 0.5) is 0 Å². The fourth-order valence-corrected chi connectivity index (χ4v) is 3.51. The molecule has 9 heteroatoms. The Balaban J connectivity index is 3.62. The maximum absolute atomic E-state index is 12.9. The van der Waals surface area contributed by atoms with Crippen LogP contribution in [0.2, 0.25) is 0 Å². The fourth-order valence-electron chi connectivity index (χ4n) is 2.59. The molecule has 0 radical (unpaired) electrons. The van der Waals surface area contributed by atoms with Crippen LogP contribution < -0.4 is 0 Å². The van der Waals surface area contributed by atoms with Crippen molar-refractivity contribution in [3.63, 3.8) is 0 Å². The number of hydrogen-bond acceptors (Lipinski definition) is 8. The summed E-state index contributed by atoms with van der Waals surface area (Å²) in [7, 11) is -2.73. The zero-order chi connectivity index (χ0) is 22.0. The molecule has 28 heavy (non-hydrogen) atoms. The third-order valence-corrected chi connectivity index (χ3v) is 4.93. The van der Waals surface area contributed by atoms with Crippen molar-refractivity contribution < 1.29 is 37.1 Å². The van der Waals surface area contributed by atoms with Crippen LogP contribution in [0.5, 0.6) is 0 Å². The first-order valence-electron chi connectivity index (χ1n) is 8.31. The lowest BCUT2D eigenvalue weighted by atomic mass is 9.89. The first-order valence-corrected chi connectivity index (χ1v) is 10.2. The van der Waals surface area contributed by atoms with Crippen LogP contribution in [0, 0.1) is 12.8 Å². The second-order valence-electron chi connectivity index (χ2n) is 7.32. The Morgan fingerprint density at radius 2 is 1.61 bits per heavy atom. The van der Waals surface area contributed by atoms with Gasteiger partial charge in [-0.15, -0.1) is 0 Å². The molecule has 1 rings (SSSR count). The Bertz CT molecular complexity index is 935. The second kappa shape index (κ2) is 8.22. The molecule has 0 bridgehead atoms. The van der Waals surface area contributed by atoms with Crippen LogP contribution in [0.15, 0.2) is 17.0 Å². The van der Waals surface area contributed by atoms with Crippen molar-refractivity contribution in [2.45, 2.75) is 45.1 Å². The number of ketones is 2. The first kappa shape index (κ1) is 23.5. The quantitative estimate of drug-likeness (QED) is 0.395. The molecule has 154 valence electrons. The average molecular weight is 412 g/mol. The summed E-state index contributed by atoms with van der Waals surface area (Å²) < 4.78 is 33.8. The molecular formula is C19H24O8S. The third-order valence-electron chi connectivity index (χ3n) is 3.79.